The van der Waals surface area contributed by atoms with E-state index in [1.165, 1.54) is 0 Å². The molecule has 0 unspecified atom stereocenters. The van der Waals surface area contributed by atoms with E-state index in [0.717, 1.165) is 22.6 Å². The summed E-state index contributed by atoms with van der Waals surface area (Å²) in [5.41, 5.74) is 7.90. The van der Waals surface area contributed by atoms with E-state index in [-0.39, 0.29) is 0 Å². The number of hydrogen-bond acceptors (Lipinski definition) is 3. The molecule has 19 heavy (non-hydrogen) atoms. The fourth-order valence-corrected chi connectivity index (χ4v) is 2.06. The summed E-state index contributed by atoms with van der Waals surface area (Å²) in [4.78, 5) is 0. The number of rotatable bonds is 4. The molecule has 2 aromatic rings. The molecular weight excluding hydrogens is 238 g/mol. The van der Waals surface area contributed by atoms with Crippen molar-refractivity contribution in [2.24, 2.45) is 5.73 Å². The molecule has 0 radical (unpaired) electrons. The summed E-state index contributed by atoms with van der Waals surface area (Å²) in [5.74, 6) is 1.61. The van der Waals surface area contributed by atoms with Crippen molar-refractivity contribution in [3.63, 3.8) is 0 Å². The van der Waals surface area contributed by atoms with E-state index in [2.05, 4.69) is 0 Å². The molecule has 0 aliphatic carbocycles. The molecule has 0 bridgehead atoms. The van der Waals surface area contributed by atoms with Crippen molar-refractivity contribution in [3.8, 4) is 11.5 Å². The molecule has 3 heteroatoms. The third kappa shape index (κ3) is 2.71. The lowest BCUT2D eigenvalue weighted by Crippen LogP contribution is -2.34. The molecular formula is C16H19NO2. The van der Waals surface area contributed by atoms with E-state index in [4.69, 9.17) is 15.2 Å². The van der Waals surface area contributed by atoms with Crippen molar-refractivity contribution in [1.82, 2.24) is 0 Å². The normalized spacial score (nSPS) is 11.2. The van der Waals surface area contributed by atoms with Gasteiger partial charge in [0.25, 0.3) is 0 Å². The van der Waals surface area contributed by atoms with Gasteiger partial charge in [0.1, 0.15) is 11.5 Å². The fourth-order valence-electron chi connectivity index (χ4n) is 2.06. The van der Waals surface area contributed by atoms with Crippen LogP contribution in [0.5, 0.6) is 11.5 Å². The van der Waals surface area contributed by atoms with Gasteiger partial charge in [0.2, 0.25) is 0 Å². The predicted molar refractivity (Wildman–Crippen MR) is 76.6 cm³/mol. The van der Waals surface area contributed by atoms with Crippen LogP contribution < -0.4 is 15.2 Å². The molecule has 0 aromatic heterocycles. The molecule has 100 valence electrons. The van der Waals surface area contributed by atoms with Crippen molar-refractivity contribution in [1.29, 1.82) is 0 Å². The monoisotopic (exact) mass is 257 g/mol. The zero-order chi connectivity index (χ0) is 13.9. The Bertz CT molecular complexity index is 515. The van der Waals surface area contributed by atoms with E-state index < -0.39 is 5.54 Å². The lowest BCUT2D eigenvalue weighted by molar-refractivity contribution is 0.411. The summed E-state index contributed by atoms with van der Waals surface area (Å²) >= 11 is 0. The first-order chi connectivity index (χ1) is 9.07. The molecule has 2 N–H and O–H groups in total. The molecule has 0 atom stereocenters. The van der Waals surface area contributed by atoms with Gasteiger partial charge in [0.05, 0.1) is 19.8 Å². The van der Waals surface area contributed by atoms with Crippen LogP contribution in [0.4, 0.5) is 0 Å². The summed E-state index contributed by atoms with van der Waals surface area (Å²) in [6.45, 7) is 1.98. The van der Waals surface area contributed by atoms with Crippen LogP contribution >= 0.6 is 0 Å². The van der Waals surface area contributed by atoms with Crippen LogP contribution in [0.3, 0.4) is 0 Å². The molecule has 0 aliphatic heterocycles. The van der Waals surface area contributed by atoms with E-state index in [0.29, 0.717) is 0 Å². The van der Waals surface area contributed by atoms with Gasteiger partial charge in [-0.2, -0.15) is 0 Å². The maximum Gasteiger partial charge on any atom is 0.119 e. The average Bonchev–Trinajstić information content (AvgIpc) is 2.47. The predicted octanol–water partition coefficient (Wildman–Crippen LogP) is 2.93. The maximum atomic E-state index is 6.50. The lowest BCUT2D eigenvalue weighted by Gasteiger charge is -2.26. The minimum atomic E-state index is -0.594. The highest BCUT2D eigenvalue weighted by Gasteiger charge is 2.24. The molecule has 2 rings (SSSR count). The van der Waals surface area contributed by atoms with Crippen molar-refractivity contribution < 1.29 is 9.47 Å². The van der Waals surface area contributed by atoms with E-state index in [9.17, 15) is 0 Å². The van der Waals surface area contributed by atoms with E-state index in [1.807, 2.05) is 55.5 Å². The molecule has 0 amide bonds. The highest BCUT2D eigenvalue weighted by Crippen LogP contribution is 2.30. The van der Waals surface area contributed by atoms with Crippen LogP contribution in [-0.4, -0.2) is 14.2 Å². The molecule has 0 spiro atoms. The Labute approximate surface area is 114 Å². The standard InChI is InChI=1S/C16H19NO2/c1-16(17,12-6-4-8-14(10-12)18-2)13-7-5-9-15(11-13)19-3/h4-11H,17H2,1-3H3. The number of ether oxygens (including phenoxy) is 2. The summed E-state index contributed by atoms with van der Waals surface area (Å²) in [6.07, 6.45) is 0. The van der Waals surface area contributed by atoms with Gasteiger partial charge in [-0.3, -0.25) is 0 Å². The fraction of sp³-hybridized carbons (Fsp3) is 0.250. The average molecular weight is 257 g/mol. The highest BCUT2D eigenvalue weighted by molar-refractivity contribution is 5.43. The molecule has 0 fully saturated rings. The molecule has 2 aromatic carbocycles. The third-order valence-electron chi connectivity index (χ3n) is 3.34. The smallest absolute Gasteiger partial charge is 0.119 e. The van der Waals surface area contributed by atoms with Gasteiger partial charge in [0.15, 0.2) is 0 Å². The van der Waals surface area contributed by atoms with Crippen molar-refractivity contribution in [2.45, 2.75) is 12.5 Å². The number of nitrogens with two attached hydrogens (primary N) is 1. The van der Waals surface area contributed by atoms with Gasteiger partial charge in [-0.15, -0.1) is 0 Å². The molecule has 0 aliphatic rings. The number of hydrogen-bond donors (Lipinski definition) is 1. The van der Waals surface area contributed by atoms with Crippen molar-refractivity contribution in [2.75, 3.05) is 14.2 Å². The Balaban J connectivity index is 2.44. The summed E-state index contributed by atoms with van der Waals surface area (Å²) in [5, 5.41) is 0. The topological polar surface area (TPSA) is 44.5 Å². The Hall–Kier alpha value is -2.00. The van der Waals surface area contributed by atoms with Gasteiger partial charge in [-0.05, 0) is 42.3 Å². The second-order valence-corrected chi connectivity index (χ2v) is 4.67. The second kappa shape index (κ2) is 5.33. The number of benzene rings is 2. The molecule has 0 heterocycles. The minimum Gasteiger partial charge on any atom is -0.497 e. The van der Waals surface area contributed by atoms with Crippen LogP contribution in [0.2, 0.25) is 0 Å². The summed E-state index contributed by atoms with van der Waals surface area (Å²) in [7, 11) is 3.30. The van der Waals surface area contributed by atoms with Crippen LogP contribution in [-0.2, 0) is 5.54 Å². The molecule has 3 nitrogen and oxygen atoms in total. The van der Waals surface area contributed by atoms with Gasteiger partial charge >= 0.3 is 0 Å². The minimum absolute atomic E-state index is 0.594. The van der Waals surface area contributed by atoms with E-state index >= 15 is 0 Å². The zero-order valence-corrected chi connectivity index (χ0v) is 11.5. The Morgan fingerprint density at radius 2 is 1.26 bits per heavy atom. The molecule has 0 saturated heterocycles. The first-order valence-corrected chi connectivity index (χ1v) is 6.16. The second-order valence-electron chi connectivity index (χ2n) is 4.67. The number of methoxy groups -OCH3 is 2. The van der Waals surface area contributed by atoms with Crippen LogP contribution in [0.1, 0.15) is 18.1 Å². The van der Waals surface area contributed by atoms with Gasteiger partial charge < -0.3 is 15.2 Å². The Morgan fingerprint density at radius 3 is 1.63 bits per heavy atom. The van der Waals surface area contributed by atoms with Crippen molar-refractivity contribution >= 4 is 0 Å². The Morgan fingerprint density at radius 1 is 0.842 bits per heavy atom. The van der Waals surface area contributed by atoms with Gasteiger partial charge in [0, 0.05) is 0 Å². The first kappa shape index (κ1) is 13.4. The van der Waals surface area contributed by atoms with Crippen molar-refractivity contribution in [3.05, 3.63) is 59.7 Å². The third-order valence-corrected chi connectivity index (χ3v) is 3.34. The first-order valence-electron chi connectivity index (χ1n) is 6.16. The van der Waals surface area contributed by atoms with E-state index in [1.54, 1.807) is 14.2 Å². The zero-order valence-electron chi connectivity index (χ0n) is 11.5. The maximum absolute atomic E-state index is 6.50. The van der Waals surface area contributed by atoms with Crippen LogP contribution in [0, 0.1) is 0 Å². The lowest BCUT2D eigenvalue weighted by atomic mass is 9.85. The Kier molecular flexibility index (Phi) is 3.76. The highest BCUT2D eigenvalue weighted by atomic mass is 16.5. The largest absolute Gasteiger partial charge is 0.497 e. The van der Waals surface area contributed by atoms with Crippen LogP contribution in [0.15, 0.2) is 48.5 Å². The van der Waals surface area contributed by atoms with Gasteiger partial charge in [-0.1, -0.05) is 24.3 Å². The van der Waals surface area contributed by atoms with Gasteiger partial charge in [-0.25, -0.2) is 0 Å². The summed E-state index contributed by atoms with van der Waals surface area (Å²) in [6, 6.07) is 15.6. The summed E-state index contributed by atoms with van der Waals surface area (Å²) < 4.78 is 10.5. The molecule has 0 saturated carbocycles. The quantitative estimate of drug-likeness (QED) is 0.916. The van der Waals surface area contributed by atoms with Crippen LogP contribution in [0.25, 0.3) is 0 Å². The SMILES string of the molecule is COc1cccc(C(C)(N)c2cccc(OC)c2)c1.